The zero-order chi connectivity index (χ0) is 22.9. The quantitative estimate of drug-likeness (QED) is 0.229. The highest BCUT2D eigenvalue weighted by molar-refractivity contribution is 7.14. The van der Waals surface area contributed by atoms with E-state index in [4.69, 9.17) is 5.73 Å². The molecule has 0 unspecified atom stereocenters. The van der Waals surface area contributed by atoms with Gasteiger partial charge in [-0.05, 0) is 43.5 Å². The lowest BCUT2D eigenvalue weighted by Crippen LogP contribution is -2.44. The molecule has 3 aromatic rings. The van der Waals surface area contributed by atoms with Gasteiger partial charge in [0.1, 0.15) is 11.7 Å². The number of nitrogens with two attached hydrogens (primary N) is 1. The fraction of sp³-hybridized carbons (Fsp3) is 0.238. The summed E-state index contributed by atoms with van der Waals surface area (Å²) in [7, 11) is 0. The molecule has 32 heavy (non-hydrogen) atoms. The number of nitrogens with one attached hydrogen (secondary N) is 2. The number of amides is 2. The Morgan fingerprint density at radius 1 is 1.16 bits per heavy atom. The van der Waals surface area contributed by atoms with E-state index >= 15 is 0 Å². The minimum atomic E-state index is -0.766. The van der Waals surface area contributed by atoms with E-state index in [-0.39, 0.29) is 11.4 Å². The maximum absolute atomic E-state index is 12.2. The first-order valence-electron chi connectivity index (χ1n) is 9.89. The molecule has 0 saturated heterocycles. The van der Waals surface area contributed by atoms with Gasteiger partial charge in [-0.3, -0.25) is 24.7 Å². The number of rotatable bonds is 11. The molecule has 2 amide bonds. The van der Waals surface area contributed by atoms with Gasteiger partial charge >= 0.3 is 0 Å². The summed E-state index contributed by atoms with van der Waals surface area (Å²) < 4.78 is 0. The number of carbonyl (C=O) groups is 2. The zero-order valence-electron chi connectivity index (χ0n) is 17.1. The van der Waals surface area contributed by atoms with Crippen LogP contribution in [-0.2, 0) is 4.79 Å². The highest BCUT2D eigenvalue weighted by Gasteiger charge is 2.19. The first-order valence-corrected chi connectivity index (χ1v) is 10.8. The number of unbranched alkanes of at least 4 members (excludes halogenated alkanes) is 1. The third kappa shape index (κ3) is 6.32. The summed E-state index contributed by atoms with van der Waals surface area (Å²) in [5.74, 6) is -1.02. The SMILES string of the molecule is NC(=O)[C@@H](CCCCNc1nc(-c2ccc([N+](=O)[O-])cc2)cs1)NC(=O)c1ccccn1. The van der Waals surface area contributed by atoms with E-state index in [1.54, 1.807) is 30.3 Å². The molecule has 1 atom stereocenters. The largest absolute Gasteiger partial charge is 0.368 e. The first kappa shape index (κ1) is 22.8. The number of benzene rings is 1. The van der Waals surface area contributed by atoms with Crippen LogP contribution in [0.5, 0.6) is 0 Å². The topological polar surface area (TPSA) is 153 Å². The molecule has 2 aromatic heterocycles. The summed E-state index contributed by atoms with van der Waals surface area (Å²) in [5, 5.41) is 19.2. The molecule has 0 aliphatic carbocycles. The summed E-state index contributed by atoms with van der Waals surface area (Å²) in [5.41, 5.74) is 7.22. The number of pyridine rings is 1. The van der Waals surface area contributed by atoms with Crippen molar-refractivity contribution in [2.45, 2.75) is 25.3 Å². The average molecular weight is 455 g/mol. The van der Waals surface area contributed by atoms with Gasteiger partial charge in [-0.2, -0.15) is 0 Å². The Bertz CT molecular complexity index is 1070. The van der Waals surface area contributed by atoms with Crippen LogP contribution >= 0.6 is 11.3 Å². The van der Waals surface area contributed by atoms with Gasteiger partial charge in [-0.25, -0.2) is 4.98 Å². The van der Waals surface area contributed by atoms with Crippen LogP contribution in [0.25, 0.3) is 11.3 Å². The van der Waals surface area contributed by atoms with E-state index < -0.39 is 22.8 Å². The number of thiazole rings is 1. The van der Waals surface area contributed by atoms with Gasteiger partial charge in [0.25, 0.3) is 11.6 Å². The van der Waals surface area contributed by atoms with Crippen molar-refractivity contribution in [2.75, 3.05) is 11.9 Å². The number of hydrogen-bond donors (Lipinski definition) is 3. The molecule has 0 bridgehead atoms. The van der Waals surface area contributed by atoms with Gasteiger partial charge < -0.3 is 16.4 Å². The maximum Gasteiger partial charge on any atom is 0.270 e. The van der Waals surface area contributed by atoms with E-state index in [1.807, 2.05) is 5.38 Å². The molecule has 0 spiro atoms. The Balaban J connectivity index is 1.43. The second kappa shape index (κ2) is 11.0. The van der Waals surface area contributed by atoms with E-state index in [0.29, 0.717) is 19.4 Å². The number of nitro benzene ring substituents is 1. The fourth-order valence-corrected chi connectivity index (χ4v) is 3.67. The van der Waals surface area contributed by atoms with Gasteiger partial charge in [0.15, 0.2) is 5.13 Å². The van der Waals surface area contributed by atoms with Crippen molar-refractivity contribution in [3.8, 4) is 11.3 Å². The molecule has 0 aliphatic heterocycles. The Labute approximate surface area is 188 Å². The number of nitro groups is 1. The summed E-state index contributed by atoms with van der Waals surface area (Å²) >= 11 is 1.44. The lowest BCUT2D eigenvalue weighted by molar-refractivity contribution is -0.384. The lowest BCUT2D eigenvalue weighted by Gasteiger charge is -2.15. The minimum absolute atomic E-state index is 0.0350. The molecule has 1 aromatic carbocycles. The Hall–Kier alpha value is -3.86. The summed E-state index contributed by atoms with van der Waals surface area (Å²) in [6.07, 6.45) is 3.34. The van der Waals surface area contributed by atoms with Crippen molar-refractivity contribution in [1.29, 1.82) is 0 Å². The number of anilines is 1. The minimum Gasteiger partial charge on any atom is -0.368 e. The molecule has 0 fully saturated rings. The number of aromatic nitrogens is 2. The predicted molar refractivity (Wildman–Crippen MR) is 121 cm³/mol. The van der Waals surface area contributed by atoms with Crippen LogP contribution in [0.15, 0.2) is 54.0 Å². The maximum atomic E-state index is 12.2. The first-order chi connectivity index (χ1) is 15.4. The van der Waals surface area contributed by atoms with Crippen LogP contribution in [0.2, 0.25) is 0 Å². The van der Waals surface area contributed by atoms with Crippen LogP contribution < -0.4 is 16.4 Å². The second-order valence-electron chi connectivity index (χ2n) is 6.91. The van der Waals surface area contributed by atoms with Crippen molar-refractivity contribution >= 4 is 34.0 Å². The fourth-order valence-electron chi connectivity index (χ4n) is 2.93. The summed E-state index contributed by atoms with van der Waals surface area (Å²) in [4.78, 5) is 42.6. The van der Waals surface area contributed by atoms with Crippen molar-refractivity contribution < 1.29 is 14.5 Å². The van der Waals surface area contributed by atoms with Gasteiger partial charge in [0, 0.05) is 35.8 Å². The highest BCUT2D eigenvalue weighted by atomic mass is 32.1. The average Bonchev–Trinajstić information content (AvgIpc) is 3.27. The van der Waals surface area contributed by atoms with E-state index in [1.165, 1.54) is 29.7 Å². The molecule has 10 nitrogen and oxygen atoms in total. The van der Waals surface area contributed by atoms with Crippen LogP contribution in [0.4, 0.5) is 10.8 Å². The molecule has 0 radical (unpaired) electrons. The smallest absolute Gasteiger partial charge is 0.270 e. The number of nitrogens with zero attached hydrogens (tertiary/aromatic N) is 3. The third-order valence-electron chi connectivity index (χ3n) is 4.62. The van der Waals surface area contributed by atoms with Crippen molar-refractivity contribution in [2.24, 2.45) is 5.73 Å². The van der Waals surface area contributed by atoms with E-state index in [0.717, 1.165) is 22.8 Å². The monoisotopic (exact) mass is 454 g/mol. The van der Waals surface area contributed by atoms with Gasteiger partial charge in [-0.1, -0.05) is 6.07 Å². The molecular formula is C21H22N6O4S. The lowest BCUT2D eigenvalue weighted by atomic mass is 10.1. The molecule has 0 aliphatic rings. The van der Waals surface area contributed by atoms with Crippen LogP contribution in [0.3, 0.4) is 0 Å². The Morgan fingerprint density at radius 2 is 1.94 bits per heavy atom. The predicted octanol–water partition coefficient (Wildman–Crippen LogP) is 2.98. The molecule has 0 saturated carbocycles. The third-order valence-corrected chi connectivity index (χ3v) is 5.42. The molecule has 166 valence electrons. The highest BCUT2D eigenvalue weighted by Crippen LogP contribution is 2.26. The summed E-state index contributed by atoms with van der Waals surface area (Å²) in [6.45, 7) is 0.632. The van der Waals surface area contributed by atoms with E-state index in [9.17, 15) is 19.7 Å². The number of hydrogen-bond acceptors (Lipinski definition) is 8. The van der Waals surface area contributed by atoms with Crippen molar-refractivity contribution in [1.82, 2.24) is 15.3 Å². The summed E-state index contributed by atoms with van der Waals surface area (Å²) in [6, 6.07) is 10.4. The Kier molecular flexibility index (Phi) is 7.81. The van der Waals surface area contributed by atoms with Crippen LogP contribution in [-0.4, -0.2) is 39.3 Å². The van der Waals surface area contributed by atoms with Crippen molar-refractivity contribution in [3.05, 3.63) is 69.8 Å². The number of primary amides is 1. The Morgan fingerprint density at radius 3 is 2.59 bits per heavy atom. The molecule has 2 heterocycles. The molecule has 3 rings (SSSR count). The normalized spacial score (nSPS) is 11.5. The standard InChI is InChI=1S/C21H22N6O4S/c22-19(28)16(25-20(29)17-6-2-3-11-23-17)5-1-4-12-24-21-26-18(13-32-21)14-7-9-15(10-8-14)27(30)31/h2-3,6-11,13,16H,1,4-5,12H2,(H2,22,28)(H,24,26)(H,25,29)/t16-/m1/s1. The second-order valence-corrected chi connectivity index (χ2v) is 7.77. The molecular weight excluding hydrogens is 432 g/mol. The zero-order valence-corrected chi connectivity index (χ0v) is 17.9. The van der Waals surface area contributed by atoms with Gasteiger partial charge in [0.05, 0.1) is 10.6 Å². The van der Waals surface area contributed by atoms with E-state index in [2.05, 4.69) is 20.6 Å². The van der Waals surface area contributed by atoms with Crippen LogP contribution in [0, 0.1) is 10.1 Å². The number of non-ortho nitro benzene ring substituents is 1. The van der Waals surface area contributed by atoms with Gasteiger partial charge in [0.2, 0.25) is 5.91 Å². The number of carbonyl (C=O) groups excluding carboxylic acids is 2. The van der Waals surface area contributed by atoms with Gasteiger partial charge in [-0.15, -0.1) is 11.3 Å². The van der Waals surface area contributed by atoms with Crippen LogP contribution in [0.1, 0.15) is 29.8 Å². The molecule has 11 heteroatoms. The van der Waals surface area contributed by atoms with Crippen molar-refractivity contribution in [3.63, 3.8) is 0 Å². The molecule has 4 N–H and O–H groups in total.